The van der Waals surface area contributed by atoms with Gasteiger partial charge in [-0.1, -0.05) is 0 Å². The van der Waals surface area contributed by atoms with Crippen molar-refractivity contribution < 1.29 is 9.53 Å². The predicted molar refractivity (Wildman–Crippen MR) is 74.6 cm³/mol. The van der Waals surface area contributed by atoms with Crippen LogP contribution in [0.3, 0.4) is 0 Å². The van der Waals surface area contributed by atoms with Crippen LogP contribution in [-0.2, 0) is 0 Å². The minimum atomic E-state index is -0.828. The van der Waals surface area contributed by atoms with Crippen molar-refractivity contribution in [1.29, 1.82) is 0 Å². The van der Waals surface area contributed by atoms with Crippen molar-refractivity contribution in [2.24, 2.45) is 11.5 Å². The van der Waals surface area contributed by atoms with Crippen LogP contribution >= 0.6 is 0 Å². The molecule has 1 aliphatic rings. The Labute approximate surface area is 116 Å². The molecule has 6 heteroatoms. The van der Waals surface area contributed by atoms with Crippen LogP contribution < -0.4 is 16.2 Å². The molecule has 106 valence electrons. The minimum absolute atomic E-state index is 0.317. The molecular formula is C14H18N4O2. The van der Waals surface area contributed by atoms with Gasteiger partial charge in [-0.05, 0) is 37.8 Å². The quantitative estimate of drug-likeness (QED) is 0.872. The van der Waals surface area contributed by atoms with E-state index in [-0.39, 0.29) is 0 Å². The lowest BCUT2D eigenvalue weighted by atomic mass is 9.85. The molecule has 0 unspecified atom stereocenters. The summed E-state index contributed by atoms with van der Waals surface area (Å²) >= 11 is 0. The molecule has 4 N–H and O–H groups in total. The maximum absolute atomic E-state index is 10.9. The molecule has 0 spiro atoms. The van der Waals surface area contributed by atoms with Crippen LogP contribution in [0.1, 0.15) is 37.3 Å². The standard InChI is InChI=1S/C14H18N4O2/c15-10-5-3-9(4-6-10)11-8-18-7-1-2-12(13(18)17-11)20-14(16)19/h1-2,7-10H,3-6,15H2,(H2,16,19). The molecule has 0 bridgehead atoms. The maximum atomic E-state index is 10.9. The number of aromatic nitrogens is 2. The smallest absolute Gasteiger partial charge is 0.406 e. The number of pyridine rings is 1. The maximum Gasteiger partial charge on any atom is 0.410 e. The second kappa shape index (κ2) is 5.13. The number of primary amides is 1. The second-order valence-electron chi connectivity index (χ2n) is 5.30. The van der Waals surface area contributed by atoms with E-state index in [4.69, 9.17) is 16.2 Å². The molecule has 3 rings (SSSR count). The molecule has 1 aliphatic carbocycles. The fraction of sp³-hybridized carbons (Fsp3) is 0.429. The summed E-state index contributed by atoms with van der Waals surface area (Å²) in [5.74, 6) is 0.815. The average Bonchev–Trinajstić information content (AvgIpc) is 2.84. The lowest BCUT2D eigenvalue weighted by Gasteiger charge is -2.24. The van der Waals surface area contributed by atoms with Crippen molar-refractivity contribution in [2.45, 2.75) is 37.6 Å². The van der Waals surface area contributed by atoms with Crippen LogP contribution in [0.25, 0.3) is 5.65 Å². The van der Waals surface area contributed by atoms with E-state index in [0.29, 0.717) is 23.4 Å². The third-order valence-corrected chi connectivity index (χ3v) is 3.87. The number of carbonyl (C=O) groups is 1. The largest absolute Gasteiger partial charge is 0.410 e. The van der Waals surface area contributed by atoms with Gasteiger partial charge in [0.25, 0.3) is 0 Å². The first kappa shape index (κ1) is 12.9. The third-order valence-electron chi connectivity index (χ3n) is 3.87. The fourth-order valence-corrected chi connectivity index (χ4v) is 2.81. The number of amides is 1. The summed E-state index contributed by atoms with van der Waals surface area (Å²) in [6.45, 7) is 0. The summed E-state index contributed by atoms with van der Waals surface area (Å²) in [5, 5.41) is 0. The topological polar surface area (TPSA) is 95.6 Å². The van der Waals surface area contributed by atoms with E-state index in [1.165, 1.54) is 0 Å². The van der Waals surface area contributed by atoms with Crippen LogP contribution in [0.2, 0.25) is 0 Å². The molecule has 6 nitrogen and oxygen atoms in total. The fourth-order valence-electron chi connectivity index (χ4n) is 2.81. The first-order valence-electron chi connectivity index (χ1n) is 6.84. The van der Waals surface area contributed by atoms with Crippen molar-refractivity contribution in [3.05, 3.63) is 30.2 Å². The Kier molecular flexibility index (Phi) is 3.31. The highest BCUT2D eigenvalue weighted by Crippen LogP contribution is 2.32. The zero-order valence-electron chi connectivity index (χ0n) is 11.2. The van der Waals surface area contributed by atoms with Gasteiger partial charge in [0.2, 0.25) is 0 Å². The molecule has 20 heavy (non-hydrogen) atoms. The van der Waals surface area contributed by atoms with Crippen LogP contribution in [0.15, 0.2) is 24.5 Å². The highest BCUT2D eigenvalue weighted by atomic mass is 16.5. The lowest BCUT2D eigenvalue weighted by Crippen LogP contribution is -2.25. The predicted octanol–water partition coefficient (Wildman–Crippen LogP) is 1.78. The molecular weight excluding hydrogens is 256 g/mol. The summed E-state index contributed by atoms with van der Waals surface area (Å²) < 4.78 is 6.84. The van der Waals surface area contributed by atoms with Gasteiger partial charge in [0.15, 0.2) is 11.4 Å². The first-order chi connectivity index (χ1) is 9.63. The number of carbonyl (C=O) groups excluding carboxylic acids is 1. The normalized spacial score (nSPS) is 22.9. The molecule has 0 aromatic carbocycles. The van der Waals surface area contributed by atoms with E-state index in [0.717, 1.165) is 31.4 Å². The number of fused-ring (bicyclic) bond motifs is 1. The Morgan fingerprint density at radius 2 is 2.10 bits per heavy atom. The summed E-state index contributed by atoms with van der Waals surface area (Å²) in [6.07, 6.45) is 7.21. The van der Waals surface area contributed by atoms with Gasteiger partial charge in [-0.25, -0.2) is 9.78 Å². The van der Waals surface area contributed by atoms with Crippen molar-refractivity contribution in [3.8, 4) is 5.75 Å². The van der Waals surface area contributed by atoms with Gasteiger partial charge >= 0.3 is 6.09 Å². The summed E-state index contributed by atoms with van der Waals surface area (Å²) in [5.41, 5.74) is 12.6. The molecule has 2 heterocycles. The van der Waals surface area contributed by atoms with E-state index in [1.54, 1.807) is 12.1 Å². The van der Waals surface area contributed by atoms with Crippen LogP contribution in [-0.4, -0.2) is 21.5 Å². The minimum Gasteiger partial charge on any atom is -0.406 e. The highest BCUT2D eigenvalue weighted by molar-refractivity contribution is 5.71. The Morgan fingerprint density at radius 3 is 2.80 bits per heavy atom. The van der Waals surface area contributed by atoms with Crippen LogP contribution in [0.5, 0.6) is 5.75 Å². The molecule has 1 saturated carbocycles. The van der Waals surface area contributed by atoms with Gasteiger partial charge < -0.3 is 20.6 Å². The monoisotopic (exact) mass is 274 g/mol. The van der Waals surface area contributed by atoms with Crippen molar-refractivity contribution in [1.82, 2.24) is 9.38 Å². The van der Waals surface area contributed by atoms with E-state index in [9.17, 15) is 4.79 Å². The Morgan fingerprint density at radius 1 is 1.35 bits per heavy atom. The van der Waals surface area contributed by atoms with Gasteiger partial charge in [0.05, 0.1) is 5.69 Å². The highest BCUT2D eigenvalue weighted by Gasteiger charge is 2.22. The summed E-state index contributed by atoms with van der Waals surface area (Å²) in [6, 6.07) is 3.80. The average molecular weight is 274 g/mol. The van der Waals surface area contributed by atoms with E-state index < -0.39 is 6.09 Å². The van der Waals surface area contributed by atoms with E-state index >= 15 is 0 Å². The van der Waals surface area contributed by atoms with Crippen LogP contribution in [0.4, 0.5) is 4.79 Å². The van der Waals surface area contributed by atoms with E-state index in [2.05, 4.69) is 4.98 Å². The van der Waals surface area contributed by atoms with Gasteiger partial charge in [0, 0.05) is 24.4 Å². The summed E-state index contributed by atoms with van der Waals surface area (Å²) in [4.78, 5) is 15.5. The number of nitrogens with two attached hydrogens (primary N) is 2. The van der Waals surface area contributed by atoms with Gasteiger partial charge in [-0.2, -0.15) is 0 Å². The molecule has 0 saturated heterocycles. The molecule has 1 amide bonds. The number of imidazole rings is 1. The van der Waals surface area contributed by atoms with E-state index in [1.807, 2.05) is 16.8 Å². The molecule has 2 aromatic rings. The number of rotatable bonds is 2. The first-order valence-corrected chi connectivity index (χ1v) is 6.84. The zero-order chi connectivity index (χ0) is 14.1. The number of nitrogens with zero attached hydrogens (tertiary/aromatic N) is 2. The number of hydrogen-bond acceptors (Lipinski definition) is 4. The molecule has 2 aromatic heterocycles. The Hall–Kier alpha value is -2.08. The third kappa shape index (κ3) is 2.46. The van der Waals surface area contributed by atoms with Gasteiger partial charge in [-0.15, -0.1) is 0 Å². The summed E-state index contributed by atoms with van der Waals surface area (Å²) in [7, 11) is 0. The molecule has 1 fully saturated rings. The molecule has 0 atom stereocenters. The van der Waals surface area contributed by atoms with Crippen molar-refractivity contribution in [3.63, 3.8) is 0 Å². The van der Waals surface area contributed by atoms with Crippen LogP contribution in [0, 0.1) is 0 Å². The Balaban J connectivity index is 1.92. The van der Waals surface area contributed by atoms with Gasteiger partial charge in [-0.3, -0.25) is 0 Å². The Bertz CT molecular complexity index is 629. The lowest BCUT2D eigenvalue weighted by molar-refractivity contribution is 0.211. The van der Waals surface area contributed by atoms with Crippen molar-refractivity contribution in [2.75, 3.05) is 0 Å². The molecule has 0 aliphatic heterocycles. The zero-order valence-corrected chi connectivity index (χ0v) is 11.2. The van der Waals surface area contributed by atoms with Crippen molar-refractivity contribution >= 4 is 11.7 Å². The number of ether oxygens (including phenoxy) is 1. The second-order valence-corrected chi connectivity index (χ2v) is 5.30. The molecule has 0 radical (unpaired) electrons. The SMILES string of the molecule is NC(=O)Oc1cccn2cc(C3CCC(N)CC3)nc12. The number of hydrogen-bond donors (Lipinski definition) is 2. The van der Waals surface area contributed by atoms with Gasteiger partial charge in [0.1, 0.15) is 0 Å².